The van der Waals surface area contributed by atoms with E-state index in [2.05, 4.69) is 5.32 Å². The summed E-state index contributed by atoms with van der Waals surface area (Å²) in [6.07, 6.45) is 0.725. The Morgan fingerprint density at radius 3 is 2.80 bits per heavy atom. The molecule has 0 radical (unpaired) electrons. The van der Waals surface area contributed by atoms with E-state index < -0.39 is 0 Å². The maximum absolute atomic E-state index is 11.0. The highest BCUT2D eigenvalue weighted by molar-refractivity contribution is 7.15. The minimum atomic E-state index is -0.353. The number of nitro benzene ring substituents is 1. The number of benzene rings is 1. The van der Waals surface area contributed by atoms with Gasteiger partial charge in [-0.15, -0.1) is 11.3 Å². The zero-order valence-electron chi connectivity index (χ0n) is 10.9. The molecule has 0 atom stereocenters. The molecule has 1 heterocycles. The first kappa shape index (κ1) is 14.6. The van der Waals surface area contributed by atoms with Gasteiger partial charge in [0.2, 0.25) is 0 Å². The minimum Gasteiger partial charge on any atom is -0.396 e. The van der Waals surface area contributed by atoms with E-state index in [9.17, 15) is 10.1 Å². The second-order valence-electron chi connectivity index (χ2n) is 4.29. The van der Waals surface area contributed by atoms with Crippen LogP contribution >= 0.6 is 11.3 Å². The van der Waals surface area contributed by atoms with E-state index in [1.807, 2.05) is 12.1 Å². The van der Waals surface area contributed by atoms with Gasteiger partial charge in [-0.05, 0) is 31.2 Å². The fraction of sp³-hybridized carbons (Fsp3) is 0.286. The predicted octanol–water partition coefficient (Wildman–Crippen LogP) is 2.80. The van der Waals surface area contributed by atoms with E-state index in [0.29, 0.717) is 12.1 Å². The standard InChI is InChI=1S/C14H16N2O3S/c17-9-3-8-15-10-11-6-7-14(20-11)12-4-1-2-5-13(12)16(18)19/h1-2,4-7,15,17H,3,8-10H2. The summed E-state index contributed by atoms with van der Waals surface area (Å²) in [7, 11) is 0. The molecule has 0 aliphatic heterocycles. The van der Waals surface area contributed by atoms with Gasteiger partial charge in [-0.1, -0.05) is 12.1 Å². The molecule has 2 N–H and O–H groups in total. The van der Waals surface area contributed by atoms with Crippen LogP contribution in [0.1, 0.15) is 11.3 Å². The van der Waals surface area contributed by atoms with Crippen LogP contribution in [0.3, 0.4) is 0 Å². The van der Waals surface area contributed by atoms with Crippen LogP contribution in [0.4, 0.5) is 5.69 Å². The van der Waals surface area contributed by atoms with Gasteiger partial charge in [0, 0.05) is 29.0 Å². The average Bonchev–Trinajstić information content (AvgIpc) is 2.92. The van der Waals surface area contributed by atoms with Crippen LogP contribution in [0, 0.1) is 10.1 Å². The molecule has 0 saturated carbocycles. The average molecular weight is 292 g/mol. The summed E-state index contributed by atoms with van der Waals surface area (Å²) in [5.74, 6) is 0. The molecule has 0 aliphatic carbocycles. The molecule has 0 aliphatic rings. The Balaban J connectivity index is 2.11. The number of aliphatic hydroxyl groups is 1. The first-order valence-electron chi connectivity index (χ1n) is 6.36. The van der Waals surface area contributed by atoms with Crippen molar-refractivity contribution in [1.29, 1.82) is 0 Å². The largest absolute Gasteiger partial charge is 0.396 e. The van der Waals surface area contributed by atoms with Gasteiger partial charge in [-0.25, -0.2) is 0 Å². The zero-order valence-corrected chi connectivity index (χ0v) is 11.7. The lowest BCUT2D eigenvalue weighted by atomic mass is 10.1. The van der Waals surface area contributed by atoms with E-state index in [-0.39, 0.29) is 17.2 Å². The summed E-state index contributed by atoms with van der Waals surface area (Å²) in [5.41, 5.74) is 0.790. The highest BCUT2D eigenvalue weighted by atomic mass is 32.1. The summed E-state index contributed by atoms with van der Waals surface area (Å²) in [6, 6.07) is 10.7. The summed E-state index contributed by atoms with van der Waals surface area (Å²) < 4.78 is 0. The van der Waals surface area contributed by atoms with E-state index in [0.717, 1.165) is 22.7 Å². The molecule has 0 unspecified atom stereocenters. The number of thiophene rings is 1. The molecule has 0 amide bonds. The van der Waals surface area contributed by atoms with Crippen molar-refractivity contribution in [2.24, 2.45) is 0 Å². The quantitative estimate of drug-likeness (QED) is 0.467. The molecule has 6 heteroatoms. The molecular weight excluding hydrogens is 276 g/mol. The Morgan fingerprint density at radius 2 is 2.05 bits per heavy atom. The van der Waals surface area contributed by atoms with Crippen molar-refractivity contribution >= 4 is 17.0 Å². The van der Waals surface area contributed by atoms with E-state index >= 15 is 0 Å². The van der Waals surface area contributed by atoms with Crippen LogP contribution in [-0.4, -0.2) is 23.2 Å². The van der Waals surface area contributed by atoms with Gasteiger partial charge in [0.05, 0.1) is 10.5 Å². The van der Waals surface area contributed by atoms with Crippen molar-refractivity contribution < 1.29 is 10.0 Å². The van der Waals surface area contributed by atoms with Gasteiger partial charge in [0.15, 0.2) is 0 Å². The molecule has 0 bridgehead atoms. The molecule has 2 aromatic rings. The topological polar surface area (TPSA) is 75.4 Å². The van der Waals surface area contributed by atoms with Crippen LogP contribution < -0.4 is 5.32 Å². The molecule has 0 fully saturated rings. The van der Waals surface area contributed by atoms with Crippen molar-refractivity contribution in [2.75, 3.05) is 13.2 Å². The number of nitrogens with one attached hydrogen (secondary N) is 1. The lowest BCUT2D eigenvalue weighted by Gasteiger charge is -2.01. The van der Waals surface area contributed by atoms with Gasteiger partial charge in [-0.3, -0.25) is 10.1 Å². The summed E-state index contributed by atoms with van der Waals surface area (Å²) in [6.45, 7) is 1.65. The number of para-hydroxylation sites is 1. The smallest absolute Gasteiger partial charge is 0.278 e. The maximum Gasteiger partial charge on any atom is 0.278 e. The minimum absolute atomic E-state index is 0.133. The van der Waals surface area contributed by atoms with Gasteiger partial charge < -0.3 is 10.4 Å². The van der Waals surface area contributed by atoms with E-state index in [1.165, 1.54) is 6.07 Å². The maximum atomic E-state index is 11.0. The van der Waals surface area contributed by atoms with Gasteiger partial charge in [0.25, 0.3) is 5.69 Å². The molecule has 0 spiro atoms. The van der Waals surface area contributed by atoms with Crippen LogP contribution in [-0.2, 0) is 6.54 Å². The number of hydrogen-bond donors (Lipinski definition) is 2. The molecular formula is C14H16N2O3S. The first-order chi connectivity index (χ1) is 9.72. The third kappa shape index (κ3) is 3.63. The predicted molar refractivity (Wildman–Crippen MR) is 79.8 cm³/mol. The second-order valence-corrected chi connectivity index (χ2v) is 5.46. The molecule has 1 aromatic heterocycles. The Hall–Kier alpha value is -1.76. The fourth-order valence-corrected chi connectivity index (χ4v) is 2.89. The van der Waals surface area contributed by atoms with Crippen molar-refractivity contribution in [3.05, 3.63) is 51.4 Å². The number of nitro groups is 1. The van der Waals surface area contributed by atoms with E-state index in [1.54, 1.807) is 29.5 Å². The SMILES string of the molecule is O=[N+]([O-])c1ccccc1-c1ccc(CNCCCO)s1. The van der Waals surface area contributed by atoms with Crippen molar-refractivity contribution in [1.82, 2.24) is 5.32 Å². The van der Waals surface area contributed by atoms with Crippen molar-refractivity contribution in [3.63, 3.8) is 0 Å². The number of hydrogen-bond acceptors (Lipinski definition) is 5. The number of rotatable bonds is 7. The third-order valence-electron chi connectivity index (χ3n) is 2.84. The molecule has 2 rings (SSSR count). The van der Waals surface area contributed by atoms with Crippen LogP contribution in [0.5, 0.6) is 0 Å². The summed E-state index contributed by atoms with van der Waals surface area (Å²) in [5, 5.41) is 22.9. The molecule has 106 valence electrons. The van der Waals surface area contributed by atoms with Crippen LogP contribution in [0.25, 0.3) is 10.4 Å². The van der Waals surface area contributed by atoms with Crippen molar-refractivity contribution in [2.45, 2.75) is 13.0 Å². The van der Waals surface area contributed by atoms with Crippen molar-refractivity contribution in [3.8, 4) is 10.4 Å². The highest BCUT2D eigenvalue weighted by Gasteiger charge is 2.15. The Kier molecular flexibility index (Phi) is 5.23. The Bertz CT molecular complexity index is 583. The normalized spacial score (nSPS) is 10.7. The molecule has 0 saturated heterocycles. The van der Waals surface area contributed by atoms with Crippen LogP contribution in [0.2, 0.25) is 0 Å². The monoisotopic (exact) mass is 292 g/mol. The van der Waals surface area contributed by atoms with Gasteiger partial charge >= 0.3 is 0 Å². The molecule has 5 nitrogen and oxygen atoms in total. The van der Waals surface area contributed by atoms with Gasteiger partial charge in [0.1, 0.15) is 0 Å². The zero-order chi connectivity index (χ0) is 14.4. The molecule has 20 heavy (non-hydrogen) atoms. The Morgan fingerprint density at radius 1 is 1.25 bits per heavy atom. The third-order valence-corrected chi connectivity index (χ3v) is 3.96. The second kappa shape index (κ2) is 7.14. The lowest BCUT2D eigenvalue weighted by molar-refractivity contribution is -0.384. The first-order valence-corrected chi connectivity index (χ1v) is 7.18. The van der Waals surface area contributed by atoms with E-state index in [4.69, 9.17) is 5.11 Å². The van der Waals surface area contributed by atoms with Crippen LogP contribution in [0.15, 0.2) is 36.4 Å². The number of aliphatic hydroxyl groups excluding tert-OH is 1. The summed E-state index contributed by atoms with van der Waals surface area (Å²) >= 11 is 1.55. The summed E-state index contributed by atoms with van der Waals surface area (Å²) in [4.78, 5) is 12.7. The highest BCUT2D eigenvalue weighted by Crippen LogP contribution is 2.34. The number of nitrogens with zero attached hydrogens (tertiary/aromatic N) is 1. The molecule has 1 aromatic carbocycles. The lowest BCUT2D eigenvalue weighted by Crippen LogP contribution is -2.14. The fourth-order valence-electron chi connectivity index (χ4n) is 1.87. The van der Waals surface area contributed by atoms with Gasteiger partial charge in [-0.2, -0.15) is 0 Å². The Labute approximate surface area is 121 Å².